The van der Waals surface area contributed by atoms with Gasteiger partial charge in [0, 0.05) is 12.8 Å². The van der Waals surface area contributed by atoms with Gasteiger partial charge in [-0.3, -0.25) is 9.59 Å². The van der Waals surface area contributed by atoms with Crippen molar-refractivity contribution >= 4 is 17.7 Å². The van der Waals surface area contributed by atoms with Gasteiger partial charge in [0.05, 0.1) is 5.41 Å². The van der Waals surface area contributed by atoms with E-state index in [4.69, 9.17) is 9.47 Å². The van der Waals surface area contributed by atoms with E-state index in [-0.39, 0.29) is 12.4 Å². The average Bonchev–Trinajstić information content (AvgIpc) is 2.39. The van der Waals surface area contributed by atoms with Crippen LogP contribution in [0.4, 0.5) is 0 Å². The number of ether oxygens (including phenoxy) is 2. The molecule has 0 amide bonds. The highest BCUT2D eigenvalue weighted by Gasteiger charge is 2.34. The van der Waals surface area contributed by atoms with E-state index in [2.05, 4.69) is 0 Å². The van der Waals surface area contributed by atoms with Crippen molar-refractivity contribution in [3.05, 3.63) is 0 Å². The molecule has 20 heavy (non-hydrogen) atoms. The standard InChI is InChI=1S/C15H24O5/c1-5-14(2,3)13(18)19-10-12(17)20-15(4)8-6-11(16)7-9-15/h5-10H2,1-4H3. The Bertz CT molecular complexity index is 387. The van der Waals surface area contributed by atoms with Gasteiger partial charge in [0.25, 0.3) is 0 Å². The molecule has 1 fully saturated rings. The van der Waals surface area contributed by atoms with Gasteiger partial charge in [-0.15, -0.1) is 0 Å². The van der Waals surface area contributed by atoms with E-state index in [1.54, 1.807) is 13.8 Å². The van der Waals surface area contributed by atoms with Gasteiger partial charge in [0.15, 0.2) is 6.61 Å². The second-order valence-corrected chi connectivity index (χ2v) is 6.28. The van der Waals surface area contributed by atoms with E-state index in [1.807, 2.05) is 13.8 Å². The summed E-state index contributed by atoms with van der Waals surface area (Å²) in [5, 5.41) is 0. The van der Waals surface area contributed by atoms with Crippen molar-refractivity contribution in [3.8, 4) is 0 Å². The van der Waals surface area contributed by atoms with Gasteiger partial charge < -0.3 is 9.47 Å². The zero-order chi connectivity index (χ0) is 15.4. The molecule has 5 nitrogen and oxygen atoms in total. The molecule has 1 rings (SSSR count). The Morgan fingerprint density at radius 1 is 1.25 bits per heavy atom. The van der Waals surface area contributed by atoms with Crippen LogP contribution in [0.3, 0.4) is 0 Å². The summed E-state index contributed by atoms with van der Waals surface area (Å²) in [5.41, 5.74) is -1.21. The van der Waals surface area contributed by atoms with Crippen LogP contribution >= 0.6 is 0 Å². The van der Waals surface area contributed by atoms with Crippen LogP contribution in [0.2, 0.25) is 0 Å². The molecule has 0 aromatic rings. The van der Waals surface area contributed by atoms with E-state index in [1.165, 1.54) is 0 Å². The van der Waals surface area contributed by atoms with Crippen LogP contribution in [0, 0.1) is 5.41 Å². The summed E-state index contributed by atoms with van der Waals surface area (Å²) in [6.45, 7) is 6.88. The molecule has 0 aromatic heterocycles. The number of rotatable bonds is 5. The van der Waals surface area contributed by atoms with Gasteiger partial charge in [0.1, 0.15) is 11.4 Å². The number of ketones is 1. The molecule has 0 unspecified atom stereocenters. The van der Waals surface area contributed by atoms with Crippen LogP contribution in [-0.2, 0) is 23.9 Å². The minimum absolute atomic E-state index is 0.203. The van der Waals surface area contributed by atoms with Crippen LogP contribution in [0.15, 0.2) is 0 Å². The summed E-state index contributed by atoms with van der Waals surface area (Å²) in [6, 6.07) is 0. The van der Waals surface area contributed by atoms with Gasteiger partial charge in [-0.25, -0.2) is 4.79 Å². The largest absolute Gasteiger partial charge is 0.457 e. The molecule has 0 spiro atoms. The third-order valence-corrected chi connectivity index (χ3v) is 3.98. The van der Waals surface area contributed by atoms with Gasteiger partial charge >= 0.3 is 11.9 Å². The lowest BCUT2D eigenvalue weighted by Crippen LogP contribution is -2.38. The normalized spacial score (nSPS) is 18.5. The highest BCUT2D eigenvalue weighted by atomic mass is 16.6. The number of esters is 2. The topological polar surface area (TPSA) is 69.7 Å². The van der Waals surface area contributed by atoms with Crippen molar-refractivity contribution in [1.82, 2.24) is 0 Å². The van der Waals surface area contributed by atoms with Gasteiger partial charge in [-0.1, -0.05) is 6.92 Å². The molecule has 1 saturated carbocycles. The van der Waals surface area contributed by atoms with Crippen LogP contribution in [0.25, 0.3) is 0 Å². The van der Waals surface area contributed by atoms with E-state index >= 15 is 0 Å². The summed E-state index contributed by atoms with van der Waals surface area (Å²) in [5.74, 6) is -0.752. The third-order valence-electron chi connectivity index (χ3n) is 3.98. The fourth-order valence-corrected chi connectivity index (χ4v) is 1.93. The van der Waals surface area contributed by atoms with Crippen LogP contribution < -0.4 is 0 Å². The van der Waals surface area contributed by atoms with Crippen molar-refractivity contribution in [1.29, 1.82) is 0 Å². The molecule has 5 heteroatoms. The molecule has 1 aliphatic carbocycles. The Morgan fingerprint density at radius 2 is 1.80 bits per heavy atom. The predicted molar refractivity (Wildman–Crippen MR) is 73.0 cm³/mol. The van der Waals surface area contributed by atoms with E-state index in [9.17, 15) is 14.4 Å². The van der Waals surface area contributed by atoms with Gasteiger partial charge in [0.2, 0.25) is 0 Å². The summed E-state index contributed by atoms with van der Waals surface area (Å²) in [7, 11) is 0. The van der Waals surface area contributed by atoms with E-state index in [0.29, 0.717) is 32.1 Å². The van der Waals surface area contributed by atoms with Crippen molar-refractivity contribution < 1.29 is 23.9 Å². The van der Waals surface area contributed by atoms with Crippen molar-refractivity contribution in [2.45, 2.75) is 65.4 Å². The smallest absolute Gasteiger partial charge is 0.344 e. The lowest BCUT2D eigenvalue weighted by molar-refractivity contribution is -0.175. The van der Waals surface area contributed by atoms with Gasteiger partial charge in [-0.05, 0) is 40.0 Å². The molecule has 114 valence electrons. The van der Waals surface area contributed by atoms with Gasteiger partial charge in [-0.2, -0.15) is 0 Å². The minimum atomic E-state index is -0.613. The summed E-state index contributed by atoms with van der Waals surface area (Å²) < 4.78 is 10.3. The molecule has 0 radical (unpaired) electrons. The average molecular weight is 284 g/mol. The number of carbonyl (C=O) groups excluding carboxylic acids is 3. The minimum Gasteiger partial charge on any atom is -0.457 e. The maximum atomic E-state index is 11.7. The first-order valence-electron chi connectivity index (χ1n) is 7.09. The Morgan fingerprint density at radius 3 is 2.30 bits per heavy atom. The van der Waals surface area contributed by atoms with E-state index in [0.717, 1.165) is 0 Å². The monoisotopic (exact) mass is 284 g/mol. The second kappa shape index (κ2) is 6.37. The molecular formula is C15H24O5. The van der Waals surface area contributed by atoms with Crippen LogP contribution in [0.5, 0.6) is 0 Å². The van der Waals surface area contributed by atoms with Crippen LogP contribution in [0.1, 0.15) is 59.8 Å². The Hall–Kier alpha value is -1.39. The second-order valence-electron chi connectivity index (χ2n) is 6.28. The molecular weight excluding hydrogens is 260 g/mol. The fraction of sp³-hybridized carbons (Fsp3) is 0.800. The maximum Gasteiger partial charge on any atom is 0.344 e. The molecule has 0 N–H and O–H groups in total. The molecule has 0 saturated heterocycles. The maximum absolute atomic E-state index is 11.7. The highest BCUT2D eigenvalue weighted by Crippen LogP contribution is 2.29. The Kier molecular flexibility index (Phi) is 5.31. The first-order valence-corrected chi connectivity index (χ1v) is 7.09. The molecule has 1 aliphatic rings. The third kappa shape index (κ3) is 4.62. The quantitative estimate of drug-likeness (QED) is 0.725. The Labute approximate surface area is 120 Å². The summed E-state index contributed by atoms with van der Waals surface area (Å²) in [4.78, 5) is 34.7. The molecule has 0 aromatic carbocycles. The zero-order valence-electron chi connectivity index (χ0n) is 12.8. The summed E-state index contributed by atoms with van der Waals surface area (Å²) in [6.07, 6.45) is 2.58. The first-order chi connectivity index (χ1) is 9.18. The fourth-order valence-electron chi connectivity index (χ4n) is 1.93. The van der Waals surface area contributed by atoms with Crippen molar-refractivity contribution in [3.63, 3.8) is 0 Å². The lowest BCUT2D eigenvalue weighted by Gasteiger charge is -2.32. The Balaban J connectivity index is 2.41. The van der Waals surface area contributed by atoms with E-state index < -0.39 is 23.0 Å². The zero-order valence-corrected chi connectivity index (χ0v) is 12.8. The molecule has 0 aliphatic heterocycles. The lowest BCUT2D eigenvalue weighted by atomic mass is 9.85. The number of carbonyl (C=O) groups is 3. The molecule has 0 atom stereocenters. The van der Waals surface area contributed by atoms with Crippen molar-refractivity contribution in [2.24, 2.45) is 5.41 Å². The number of Topliss-reactive ketones (excluding diaryl/α,β-unsaturated/α-hetero) is 1. The number of hydrogen-bond donors (Lipinski definition) is 0. The predicted octanol–water partition coefficient (Wildman–Crippen LogP) is 2.41. The summed E-state index contributed by atoms with van der Waals surface area (Å²) >= 11 is 0. The first kappa shape index (κ1) is 16.7. The van der Waals surface area contributed by atoms with Crippen LogP contribution in [-0.4, -0.2) is 29.9 Å². The molecule has 0 heterocycles. The number of hydrogen-bond acceptors (Lipinski definition) is 5. The highest BCUT2D eigenvalue weighted by molar-refractivity contribution is 5.81. The van der Waals surface area contributed by atoms with Crippen molar-refractivity contribution in [2.75, 3.05) is 6.61 Å². The molecule has 0 bridgehead atoms. The SMILES string of the molecule is CCC(C)(C)C(=O)OCC(=O)OC1(C)CCC(=O)CC1.